The molecule has 0 aliphatic carbocycles. The predicted octanol–water partition coefficient (Wildman–Crippen LogP) is 4.09. The molecule has 1 heterocycles. The van der Waals surface area contributed by atoms with Gasteiger partial charge in [-0.2, -0.15) is 5.10 Å². The van der Waals surface area contributed by atoms with E-state index in [-0.39, 0.29) is 0 Å². The van der Waals surface area contributed by atoms with Crippen LogP contribution in [0, 0.1) is 0 Å². The van der Waals surface area contributed by atoms with E-state index in [9.17, 15) is 0 Å². The van der Waals surface area contributed by atoms with Gasteiger partial charge in [0.15, 0.2) is 5.75 Å². The average Bonchev–Trinajstić information content (AvgIpc) is 2.79. The molecule has 0 aliphatic heterocycles. The Morgan fingerprint density at radius 1 is 1.41 bits per heavy atom. The maximum absolute atomic E-state index is 6.09. The Labute approximate surface area is 110 Å². The molecule has 0 saturated carbocycles. The number of aromatic nitrogens is 2. The van der Waals surface area contributed by atoms with Crippen LogP contribution in [0.3, 0.4) is 0 Å². The first-order valence-electron chi connectivity index (χ1n) is 5.27. The van der Waals surface area contributed by atoms with Crippen LogP contribution in [0.25, 0.3) is 0 Å². The number of nitrogens with zero attached hydrogens (tertiary/aromatic N) is 2. The van der Waals surface area contributed by atoms with Crippen LogP contribution in [0.1, 0.15) is 12.5 Å². The normalized spacial score (nSPS) is 10.5. The molecule has 0 aliphatic rings. The molecule has 0 saturated heterocycles. The molecule has 0 atom stereocenters. The van der Waals surface area contributed by atoms with Gasteiger partial charge in [0.1, 0.15) is 5.75 Å². The topological polar surface area (TPSA) is 27.1 Å². The molecular formula is C12H12Cl2N2O. The van der Waals surface area contributed by atoms with E-state index in [2.05, 4.69) is 5.10 Å². The van der Waals surface area contributed by atoms with Crippen LogP contribution in [0.15, 0.2) is 30.6 Å². The van der Waals surface area contributed by atoms with Gasteiger partial charge in [-0.05, 0) is 24.6 Å². The van der Waals surface area contributed by atoms with Gasteiger partial charge in [0.25, 0.3) is 0 Å². The molecule has 0 amide bonds. The molecule has 2 aromatic rings. The van der Waals surface area contributed by atoms with Crippen molar-refractivity contribution in [2.45, 2.75) is 19.3 Å². The SMILES string of the molecule is CCn1cc(Oc2ccc(CCl)cc2Cl)cn1. The highest BCUT2D eigenvalue weighted by Crippen LogP contribution is 2.30. The van der Waals surface area contributed by atoms with Crippen molar-refractivity contribution in [2.24, 2.45) is 0 Å². The molecule has 2 rings (SSSR count). The number of aryl methyl sites for hydroxylation is 1. The number of benzene rings is 1. The smallest absolute Gasteiger partial charge is 0.165 e. The van der Waals surface area contributed by atoms with E-state index >= 15 is 0 Å². The molecule has 90 valence electrons. The summed E-state index contributed by atoms with van der Waals surface area (Å²) in [4.78, 5) is 0. The third-order valence-corrected chi connectivity index (χ3v) is 2.92. The van der Waals surface area contributed by atoms with E-state index in [1.807, 2.05) is 25.3 Å². The summed E-state index contributed by atoms with van der Waals surface area (Å²) in [5.41, 5.74) is 0.966. The number of hydrogen-bond acceptors (Lipinski definition) is 2. The molecule has 5 heteroatoms. The van der Waals surface area contributed by atoms with Crippen molar-refractivity contribution >= 4 is 23.2 Å². The minimum atomic E-state index is 0.438. The molecule has 1 aromatic heterocycles. The standard InChI is InChI=1S/C12H12Cl2N2O/c1-2-16-8-10(7-15-16)17-12-4-3-9(6-13)5-11(12)14/h3-5,7-8H,2,6H2,1H3. The Balaban J connectivity index is 2.18. The number of rotatable bonds is 4. The van der Waals surface area contributed by atoms with Crippen LogP contribution in [0.4, 0.5) is 0 Å². The molecule has 0 bridgehead atoms. The average molecular weight is 271 g/mol. The largest absolute Gasteiger partial charge is 0.452 e. The lowest BCUT2D eigenvalue weighted by Gasteiger charge is -2.06. The summed E-state index contributed by atoms with van der Waals surface area (Å²) in [7, 11) is 0. The van der Waals surface area contributed by atoms with Crippen molar-refractivity contribution in [2.75, 3.05) is 0 Å². The summed E-state index contributed by atoms with van der Waals surface area (Å²) in [6.07, 6.45) is 3.49. The van der Waals surface area contributed by atoms with E-state index in [0.29, 0.717) is 22.4 Å². The fraction of sp³-hybridized carbons (Fsp3) is 0.250. The first-order chi connectivity index (χ1) is 8.22. The molecule has 0 N–H and O–H groups in total. The molecule has 0 unspecified atom stereocenters. The number of ether oxygens (including phenoxy) is 1. The number of halogens is 2. The van der Waals surface area contributed by atoms with E-state index in [4.69, 9.17) is 27.9 Å². The summed E-state index contributed by atoms with van der Waals surface area (Å²) in [6, 6.07) is 5.50. The van der Waals surface area contributed by atoms with Gasteiger partial charge in [0.05, 0.1) is 17.4 Å². The Morgan fingerprint density at radius 2 is 2.24 bits per heavy atom. The van der Waals surface area contributed by atoms with Crippen LogP contribution in [0.2, 0.25) is 5.02 Å². The highest BCUT2D eigenvalue weighted by atomic mass is 35.5. The molecule has 0 radical (unpaired) electrons. The van der Waals surface area contributed by atoms with Gasteiger partial charge in [-0.1, -0.05) is 17.7 Å². The summed E-state index contributed by atoms with van der Waals surface area (Å²) >= 11 is 11.8. The summed E-state index contributed by atoms with van der Waals surface area (Å²) < 4.78 is 7.42. The third-order valence-electron chi connectivity index (χ3n) is 2.31. The van der Waals surface area contributed by atoms with Crippen molar-refractivity contribution in [3.05, 3.63) is 41.2 Å². The summed E-state index contributed by atoms with van der Waals surface area (Å²) in [6.45, 7) is 2.82. The van der Waals surface area contributed by atoms with Gasteiger partial charge in [-0.3, -0.25) is 4.68 Å². The zero-order chi connectivity index (χ0) is 12.3. The van der Waals surface area contributed by atoms with Gasteiger partial charge in [0, 0.05) is 12.4 Å². The Bertz CT molecular complexity index is 511. The third kappa shape index (κ3) is 2.93. The van der Waals surface area contributed by atoms with E-state index < -0.39 is 0 Å². The monoisotopic (exact) mass is 270 g/mol. The molecule has 3 nitrogen and oxygen atoms in total. The Hall–Kier alpha value is -1.19. The maximum Gasteiger partial charge on any atom is 0.165 e. The van der Waals surface area contributed by atoms with Crippen molar-refractivity contribution in [1.82, 2.24) is 9.78 Å². The quantitative estimate of drug-likeness (QED) is 0.783. The highest BCUT2D eigenvalue weighted by molar-refractivity contribution is 6.32. The van der Waals surface area contributed by atoms with E-state index in [1.165, 1.54) is 0 Å². The van der Waals surface area contributed by atoms with Gasteiger partial charge in [-0.15, -0.1) is 11.6 Å². The van der Waals surface area contributed by atoms with Crippen molar-refractivity contribution in [3.63, 3.8) is 0 Å². The fourth-order valence-electron chi connectivity index (χ4n) is 1.41. The van der Waals surface area contributed by atoms with Gasteiger partial charge in [-0.25, -0.2) is 0 Å². The number of alkyl halides is 1. The van der Waals surface area contributed by atoms with E-state index in [0.717, 1.165) is 12.1 Å². The van der Waals surface area contributed by atoms with Crippen LogP contribution < -0.4 is 4.74 Å². The summed E-state index contributed by atoms with van der Waals surface area (Å²) in [5.74, 6) is 1.72. The fourth-order valence-corrected chi connectivity index (χ4v) is 1.82. The molecular weight excluding hydrogens is 259 g/mol. The van der Waals surface area contributed by atoms with Crippen molar-refractivity contribution in [1.29, 1.82) is 0 Å². The molecule has 1 aromatic carbocycles. The molecule has 0 spiro atoms. The minimum absolute atomic E-state index is 0.438. The lowest BCUT2D eigenvalue weighted by atomic mass is 10.2. The number of hydrogen-bond donors (Lipinski definition) is 0. The zero-order valence-electron chi connectivity index (χ0n) is 9.36. The van der Waals surface area contributed by atoms with Gasteiger partial charge >= 0.3 is 0 Å². The molecule has 0 fully saturated rings. The second kappa shape index (κ2) is 5.43. The van der Waals surface area contributed by atoms with Crippen molar-refractivity contribution < 1.29 is 4.74 Å². The summed E-state index contributed by atoms with van der Waals surface area (Å²) in [5, 5.41) is 4.67. The van der Waals surface area contributed by atoms with E-state index in [1.54, 1.807) is 16.9 Å². The van der Waals surface area contributed by atoms with Crippen molar-refractivity contribution in [3.8, 4) is 11.5 Å². The predicted molar refractivity (Wildman–Crippen MR) is 69.0 cm³/mol. The van der Waals surface area contributed by atoms with Crippen LogP contribution >= 0.6 is 23.2 Å². The lowest BCUT2D eigenvalue weighted by molar-refractivity contribution is 0.481. The first-order valence-corrected chi connectivity index (χ1v) is 6.19. The minimum Gasteiger partial charge on any atom is -0.452 e. The Morgan fingerprint density at radius 3 is 2.82 bits per heavy atom. The highest BCUT2D eigenvalue weighted by Gasteiger charge is 2.05. The van der Waals surface area contributed by atoms with Crippen LogP contribution in [-0.4, -0.2) is 9.78 Å². The first kappa shape index (κ1) is 12.3. The second-order valence-corrected chi connectivity index (χ2v) is 4.21. The maximum atomic E-state index is 6.09. The van der Waals surface area contributed by atoms with Crippen LogP contribution in [-0.2, 0) is 12.4 Å². The second-order valence-electron chi connectivity index (χ2n) is 3.53. The lowest BCUT2D eigenvalue weighted by Crippen LogP contribution is -1.92. The molecule has 17 heavy (non-hydrogen) atoms. The van der Waals surface area contributed by atoms with Gasteiger partial charge < -0.3 is 4.74 Å². The van der Waals surface area contributed by atoms with Gasteiger partial charge in [0.2, 0.25) is 0 Å². The Kier molecular flexibility index (Phi) is 3.92. The van der Waals surface area contributed by atoms with Crippen LogP contribution in [0.5, 0.6) is 11.5 Å². The zero-order valence-corrected chi connectivity index (χ0v) is 10.9.